The molecule has 0 saturated carbocycles. The van der Waals surface area contributed by atoms with E-state index in [4.69, 9.17) is 4.74 Å². The van der Waals surface area contributed by atoms with Crippen molar-refractivity contribution < 1.29 is 14.9 Å². The highest BCUT2D eigenvalue weighted by Crippen LogP contribution is 2.32. The predicted octanol–water partition coefficient (Wildman–Crippen LogP) is 1.25. The van der Waals surface area contributed by atoms with Gasteiger partial charge in [-0.3, -0.25) is 0 Å². The molecule has 0 aliphatic carbocycles. The van der Waals surface area contributed by atoms with Gasteiger partial charge in [0, 0.05) is 36.6 Å². The number of phenols is 1. The van der Waals surface area contributed by atoms with Crippen LogP contribution in [0.2, 0.25) is 0 Å². The zero-order chi connectivity index (χ0) is 13.8. The van der Waals surface area contributed by atoms with Crippen LogP contribution in [0, 0.1) is 5.92 Å². The summed E-state index contributed by atoms with van der Waals surface area (Å²) in [4.78, 5) is 0. The van der Waals surface area contributed by atoms with E-state index in [2.05, 4.69) is 26.6 Å². The maximum atomic E-state index is 9.75. The number of rotatable bonds is 5. The van der Waals surface area contributed by atoms with E-state index in [9.17, 15) is 10.2 Å². The quantitative estimate of drug-likeness (QED) is 0.630. The predicted molar refractivity (Wildman–Crippen MR) is 83.7 cm³/mol. The van der Waals surface area contributed by atoms with Gasteiger partial charge in [-0.05, 0) is 17.7 Å². The Bertz CT molecular complexity index is 448. The van der Waals surface area contributed by atoms with Gasteiger partial charge in [-0.25, -0.2) is 0 Å². The Kier molecular flexibility index (Phi) is 7.05. The minimum Gasteiger partial charge on any atom is -0.504 e. The fourth-order valence-corrected chi connectivity index (χ4v) is 2.67. The fraction of sp³-hybridized carbons (Fsp3) is 0.538. The van der Waals surface area contributed by atoms with Gasteiger partial charge in [-0.2, -0.15) is 0 Å². The molecule has 20 heavy (non-hydrogen) atoms. The number of hydrogen-bond acceptors (Lipinski definition) is 5. The summed E-state index contributed by atoms with van der Waals surface area (Å²) in [6.45, 7) is 2.87. The van der Waals surface area contributed by atoms with Gasteiger partial charge in [0.2, 0.25) is 0 Å². The van der Waals surface area contributed by atoms with Crippen LogP contribution in [0.1, 0.15) is 5.56 Å². The Labute approximate surface area is 133 Å². The molecule has 5 nitrogen and oxygen atoms in total. The van der Waals surface area contributed by atoms with Gasteiger partial charge in [0.05, 0.1) is 13.2 Å². The Balaban J connectivity index is 0.00000200. The highest BCUT2D eigenvalue weighted by atomic mass is 79.9. The molecule has 1 fully saturated rings. The highest BCUT2D eigenvalue weighted by molar-refractivity contribution is 9.10. The number of halogens is 2. The fourth-order valence-electron chi connectivity index (χ4n) is 2.21. The molecular weight excluding hydrogens is 348 g/mol. The lowest BCUT2D eigenvalue weighted by Gasteiger charge is -2.15. The van der Waals surface area contributed by atoms with Gasteiger partial charge in [0.1, 0.15) is 0 Å². The molecule has 0 aromatic heterocycles. The third-order valence-electron chi connectivity index (χ3n) is 3.37. The van der Waals surface area contributed by atoms with E-state index in [-0.39, 0.29) is 30.2 Å². The molecule has 1 aromatic carbocycles. The van der Waals surface area contributed by atoms with Crippen molar-refractivity contribution in [3.05, 3.63) is 22.2 Å². The number of aromatic hydroxyl groups is 1. The summed E-state index contributed by atoms with van der Waals surface area (Å²) in [7, 11) is 1.52. The molecule has 2 unspecified atom stereocenters. The molecule has 0 spiro atoms. The van der Waals surface area contributed by atoms with E-state index < -0.39 is 0 Å². The Morgan fingerprint density at radius 1 is 1.45 bits per heavy atom. The van der Waals surface area contributed by atoms with E-state index in [1.165, 1.54) is 7.11 Å². The Morgan fingerprint density at radius 3 is 2.80 bits per heavy atom. The van der Waals surface area contributed by atoms with E-state index in [0.717, 1.165) is 23.1 Å². The first-order valence-electron chi connectivity index (χ1n) is 6.26. The molecule has 1 aliphatic heterocycles. The van der Waals surface area contributed by atoms with Crippen LogP contribution >= 0.6 is 28.3 Å². The molecule has 4 N–H and O–H groups in total. The summed E-state index contributed by atoms with van der Waals surface area (Å²) in [5.41, 5.74) is 0.957. The molecule has 1 heterocycles. The second kappa shape index (κ2) is 8.05. The van der Waals surface area contributed by atoms with Crippen LogP contribution in [0.3, 0.4) is 0 Å². The number of hydrogen-bond donors (Lipinski definition) is 4. The molecule has 2 atom stereocenters. The van der Waals surface area contributed by atoms with Gasteiger partial charge >= 0.3 is 0 Å². The summed E-state index contributed by atoms with van der Waals surface area (Å²) in [6.07, 6.45) is -0.278. The molecule has 0 radical (unpaired) electrons. The van der Waals surface area contributed by atoms with E-state index in [1.807, 2.05) is 0 Å². The van der Waals surface area contributed by atoms with Crippen molar-refractivity contribution >= 4 is 28.3 Å². The molecule has 1 aliphatic rings. The van der Waals surface area contributed by atoms with Gasteiger partial charge in [0.15, 0.2) is 11.5 Å². The summed E-state index contributed by atoms with van der Waals surface area (Å²) < 4.78 is 5.93. The summed E-state index contributed by atoms with van der Waals surface area (Å²) >= 11 is 3.45. The van der Waals surface area contributed by atoms with Crippen molar-refractivity contribution in [2.24, 2.45) is 5.92 Å². The standard InChI is InChI=1S/C13H19BrN2O3.ClH/c1-19-13-3-10(14)8(2-11(13)17)4-15-5-9-6-16-7-12(9)18;/h2-3,9,12,15-18H,4-7H2,1H3;1H. The van der Waals surface area contributed by atoms with Crippen LogP contribution in [0.5, 0.6) is 11.5 Å². The lowest BCUT2D eigenvalue weighted by Crippen LogP contribution is -2.30. The molecule has 2 rings (SSSR count). The lowest BCUT2D eigenvalue weighted by atomic mass is 10.1. The largest absolute Gasteiger partial charge is 0.504 e. The van der Waals surface area contributed by atoms with Gasteiger partial charge in [0.25, 0.3) is 0 Å². The van der Waals surface area contributed by atoms with Crippen molar-refractivity contribution in [2.45, 2.75) is 12.6 Å². The zero-order valence-electron chi connectivity index (χ0n) is 11.2. The number of nitrogens with one attached hydrogen (secondary N) is 2. The molecule has 0 amide bonds. The van der Waals surface area contributed by atoms with Crippen molar-refractivity contribution in [1.82, 2.24) is 10.6 Å². The average molecular weight is 368 g/mol. The third-order valence-corrected chi connectivity index (χ3v) is 4.11. The smallest absolute Gasteiger partial charge is 0.161 e. The topological polar surface area (TPSA) is 73.8 Å². The molecule has 1 saturated heterocycles. The van der Waals surface area contributed by atoms with E-state index in [0.29, 0.717) is 18.8 Å². The van der Waals surface area contributed by atoms with Crippen molar-refractivity contribution in [3.8, 4) is 11.5 Å². The van der Waals surface area contributed by atoms with Crippen molar-refractivity contribution in [1.29, 1.82) is 0 Å². The van der Waals surface area contributed by atoms with Crippen LogP contribution in [0.4, 0.5) is 0 Å². The number of phenolic OH excluding ortho intramolecular Hbond substituents is 1. The number of methoxy groups -OCH3 is 1. The molecule has 7 heteroatoms. The summed E-state index contributed by atoms with van der Waals surface area (Å²) in [5.74, 6) is 0.821. The highest BCUT2D eigenvalue weighted by Gasteiger charge is 2.24. The SMILES string of the molecule is COc1cc(Br)c(CNCC2CNCC2O)cc1O.Cl. The summed E-state index contributed by atoms with van der Waals surface area (Å²) in [5, 5.41) is 25.9. The second-order valence-corrected chi connectivity index (χ2v) is 5.59. The van der Waals surface area contributed by atoms with Crippen LogP contribution in [-0.4, -0.2) is 43.1 Å². The normalized spacial score (nSPS) is 21.6. The van der Waals surface area contributed by atoms with Crippen molar-refractivity contribution in [3.63, 3.8) is 0 Å². The average Bonchev–Trinajstić information content (AvgIpc) is 2.79. The van der Waals surface area contributed by atoms with E-state index in [1.54, 1.807) is 12.1 Å². The first kappa shape index (κ1) is 17.5. The lowest BCUT2D eigenvalue weighted by molar-refractivity contribution is 0.146. The first-order valence-corrected chi connectivity index (χ1v) is 7.06. The number of β-amino-alcohol motifs (C(OH)–C–C–N with tert-alkyl or cyclic N) is 1. The first-order chi connectivity index (χ1) is 9.11. The molecule has 114 valence electrons. The third kappa shape index (κ3) is 4.23. The second-order valence-electron chi connectivity index (χ2n) is 4.73. The Morgan fingerprint density at radius 2 is 2.20 bits per heavy atom. The van der Waals surface area contributed by atoms with Gasteiger partial charge < -0.3 is 25.6 Å². The maximum Gasteiger partial charge on any atom is 0.161 e. The van der Waals surface area contributed by atoms with E-state index >= 15 is 0 Å². The number of aliphatic hydroxyl groups excluding tert-OH is 1. The summed E-state index contributed by atoms with van der Waals surface area (Å²) in [6, 6.07) is 3.43. The van der Waals surface area contributed by atoms with Crippen LogP contribution < -0.4 is 15.4 Å². The van der Waals surface area contributed by atoms with Crippen LogP contribution in [-0.2, 0) is 6.54 Å². The Hall–Kier alpha value is -0.530. The zero-order valence-corrected chi connectivity index (χ0v) is 13.6. The number of ether oxygens (including phenoxy) is 1. The number of aliphatic hydroxyl groups is 1. The molecular formula is C13H20BrClN2O3. The monoisotopic (exact) mass is 366 g/mol. The maximum absolute atomic E-state index is 9.75. The minimum absolute atomic E-state index is 0. The molecule has 1 aromatic rings. The molecule has 0 bridgehead atoms. The number of benzene rings is 1. The van der Waals surface area contributed by atoms with Gasteiger partial charge in [-0.15, -0.1) is 12.4 Å². The van der Waals surface area contributed by atoms with Gasteiger partial charge in [-0.1, -0.05) is 15.9 Å². The van der Waals surface area contributed by atoms with Crippen LogP contribution in [0.15, 0.2) is 16.6 Å². The minimum atomic E-state index is -0.278. The van der Waals surface area contributed by atoms with Crippen LogP contribution in [0.25, 0.3) is 0 Å². The van der Waals surface area contributed by atoms with Crippen molar-refractivity contribution in [2.75, 3.05) is 26.7 Å².